The van der Waals surface area contributed by atoms with E-state index < -0.39 is 17.8 Å². The molecule has 110 valence electrons. The maximum absolute atomic E-state index is 12.6. The van der Waals surface area contributed by atoms with Crippen molar-refractivity contribution in [2.24, 2.45) is 0 Å². The number of benzene rings is 1. The van der Waals surface area contributed by atoms with E-state index in [0.717, 1.165) is 12.1 Å². The fourth-order valence-corrected chi connectivity index (χ4v) is 2.49. The molecular formula is C12H13F3N2O2S. The first-order chi connectivity index (χ1) is 9.40. The molecule has 2 aromatic rings. The molecule has 0 amide bonds. The number of rotatable bonds is 5. The molecule has 1 unspecified atom stereocenters. The van der Waals surface area contributed by atoms with E-state index in [-0.39, 0.29) is 18.7 Å². The Hall–Kier alpha value is -1.38. The lowest BCUT2D eigenvalue weighted by Crippen LogP contribution is -2.23. The van der Waals surface area contributed by atoms with Crippen LogP contribution in [0.15, 0.2) is 18.2 Å². The van der Waals surface area contributed by atoms with Crippen molar-refractivity contribution in [3.63, 3.8) is 0 Å². The number of aliphatic hydroxyl groups is 1. The number of anilines is 1. The minimum atomic E-state index is -4.37. The van der Waals surface area contributed by atoms with Crippen molar-refractivity contribution < 1.29 is 23.0 Å². The largest absolute Gasteiger partial charge is 0.416 e. The van der Waals surface area contributed by atoms with Gasteiger partial charge in [-0.3, -0.25) is 0 Å². The molecule has 1 aromatic heterocycles. The van der Waals surface area contributed by atoms with Crippen molar-refractivity contribution in [1.82, 2.24) is 4.98 Å². The quantitative estimate of drug-likeness (QED) is 0.892. The van der Waals surface area contributed by atoms with Gasteiger partial charge in [0.1, 0.15) is 0 Å². The Bertz CT molecular complexity index is 586. The number of nitrogens with zero attached hydrogens (tertiary/aromatic N) is 1. The van der Waals surface area contributed by atoms with E-state index >= 15 is 0 Å². The summed E-state index contributed by atoms with van der Waals surface area (Å²) in [5, 5.41) is 12.8. The minimum Gasteiger partial charge on any atom is -0.389 e. The number of alkyl halides is 3. The van der Waals surface area contributed by atoms with Crippen molar-refractivity contribution in [1.29, 1.82) is 0 Å². The van der Waals surface area contributed by atoms with Crippen molar-refractivity contribution in [2.45, 2.75) is 12.3 Å². The van der Waals surface area contributed by atoms with E-state index in [1.807, 2.05) is 0 Å². The average Bonchev–Trinajstić information content (AvgIpc) is 2.77. The van der Waals surface area contributed by atoms with E-state index in [0.29, 0.717) is 9.83 Å². The van der Waals surface area contributed by atoms with Crippen LogP contribution in [0.25, 0.3) is 10.2 Å². The molecule has 0 saturated carbocycles. The van der Waals surface area contributed by atoms with Crippen LogP contribution in [0.1, 0.15) is 5.56 Å². The summed E-state index contributed by atoms with van der Waals surface area (Å²) in [5.41, 5.74) is -0.435. The molecule has 2 rings (SSSR count). The number of hydrogen-bond donors (Lipinski definition) is 2. The van der Waals surface area contributed by atoms with Gasteiger partial charge in [-0.05, 0) is 18.2 Å². The van der Waals surface area contributed by atoms with E-state index in [9.17, 15) is 18.3 Å². The molecule has 0 aliphatic carbocycles. The molecule has 20 heavy (non-hydrogen) atoms. The predicted octanol–water partition coefficient (Wildman–Crippen LogP) is 2.73. The highest BCUT2D eigenvalue weighted by molar-refractivity contribution is 7.22. The van der Waals surface area contributed by atoms with Crippen LogP contribution in [0.5, 0.6) is 0 Å². The van der Waals surface area contributed by atoms with E-state index in [1.165, 1.54) is 24.5 Å². The van der Waals surface area contributed by atoms with Crippen molar-refractivity contribution in [3.8, 4) is 0 Å². The fourth-order valence-electron chi connectivity index (χ4n) is 1.64. The number of aromatic nitrogens is 1. The van der Waals surface area contributed by atoms with Crippen LogP contribution in [-0.2, 0) is 10.9 Å². The number of thiazole rings is 1. The number of ether oxygens (including phenoxy) is 1. The first-order valence-corrected chi connectivity index (χ1v) is 6.60. The molecule has 0 saturated heterocycles. The van der Waals surface area contributed by atoms with Crippen LogP contribution in [0.2, 0.25) is 0 Å². The molecule has 0 aliphatic rings. The van der Waals surface area contributed by atoms with Crippen LogP contribution in [0, 0.1) is 0 Å². The first-order valence-electron chi connectivity index (χ1n) is 5.79. The summed E-state index contributed by atoms with van der Waals surface area (Å²) in [5.74, 6) is 0. The Balaban J connectivity index is 2.13. The van der Waals surface area contributed by atoms with Gasteiger partial charge in [0.05, 0.1) is 28.5 Å². The molecule has 0 aliphatic heterocycles. The zero-order valence-electron chi connectivity index (χ0n) is 10.6. The lowest BCUT2D eigenvalue weighted by molar-refractivity contribution is -0.137. The number of fused-ring (bicyclic) bond motifs is 1. The smallest absolute Gasteiger partial charge is 0.389 e. The first kappa shape index (κ1) is 15.0. The second-order valence-corrected chi connectivity index (χ2v) is 5.22. The molecule has 8 heteroatoms. The standard InChI is InChI=1S/C12H13F3N2O2S/c1-19-6-8(18)5-16-11-17-9-4-7(12(13,14)15)2-3-10(9)20-11/h2-4,8,18H,5-6H2,1H3,(H,16,17). The lowest BCUT2D eigenvalue weighted by atomic mass is 10.2. The maximum atomic E-state index is 12.6. The number of halogens is 3. The Morgan fingerprint density at radius 1 is 1.45 bits per heavy atom. The van der Waals surface area contributed by atoms with Crippen LogP contribution in [0.4, 0.5) is 18.3 Å². The molecule has 1 atom stereocenters. The SMILES string of the molecule is COCC(O)CNc1nc2cc(C(F)(F)F)ccc2s1. The highest BCUT2D eigenvalue weighted by Gasteiger charge is 2.30. The van der Waals surface area contributed by atoms with E-state index in [4.69, 9.17) is 4.74 Å². The van der Waals surface area contributed by atoms with Gasteiger partial charge in [0, 0.05) is 13.7 Å². The summed E-state index contributed by atoms with van der Waals surface area (Å²) in [6.07, 6.45) is -5.07. The van der Waals surface area contributed by atoms with Gasteiger partial charge in [-0.25, -0.2) is 4.98 Å². The predicted molar refractivity (Wildman–Crippen MR) is 71.0 cm³/mol. The van der Waals surface area contributed by atoms with E-state index in [1.54, 1.807) is 0 Å². The van der Waals surface area contributed by atoms with Gasteiger partial charge in [-0.1, -0.05) is 11.3 Å². The van der Waals surface area contributed by atoms with Gasteiger partial charge in [-0.15, -0.1) is 0 Å². The van der Waals surface area contributed by atoms with Gasteiger partial charge < -0.3 is 15.2 Å². The Labute approximate surface area is 117 Å². The van der Waals surface area contributed by atoms with Gasteiger partial charge in [0.15, 0.2) is 5.13 Å². The van der Waals surface area contributed by atoms with Crippen LogP contribution < -0.4 is 5.32 Å². The molecule has 1 aromatic carbocycles. The van der Waals surface area contributed by atoms with Gasteiger partial charge in [0.25, 0.3) is 0 Å². The van der Waals surface area contributed by atoms with Gasteiger partial charge >= 0.3 is 6.18 Å². The van der Waals surface area contributed by atoms with Crippen molar-refractivity contribution in [2.75, 3.05) is 25.6 Å². The summed E-state index contributed by atoms with van der Waals surface area (Å²) in [6, 6.07) is 3.44. The monoisotopic (exact) mass is 306 g/mol. The third kappa shape index (κ3) is 3.59. The van der Waals surface area contributed by atoms with Crippen LogP contribution in [-0.4, -0.2) is 36.5 Å². The normalized spacial score (nSPS) is 13.7. The summed E-state index contributed by atoms with van der Waals surface area (Å²) < 4.78 is 43.1. The number of nitrogens with one attached hydrogen (secondary N) is 1. The van der Waals surface area contributed by atoms with Crippen molar-refractivity contribution >= 4 is 26.7 Å². The summed E-state index contributed by atoms with van der Waals surface area (Å²) in [7, 11) is 1.47. The second kappa shape index (κ2) is 5.94. The zero-order valence-corrected chi connectivity index (χ0v) is 11.4. The minimum absolute atomic E-state index is 0.177. The molecule has 0 fully saturated rings. The molecule has 2 N–H and O–H groups in total. The Morgan fingerprint density at radius 3 is 2.85 bits per heavy atom. The summed E-state index contributed by atoms with van der Waals surface area (Å²) >= 11 is 1.24. The van der Waals surface area contributed by atoms with Gasteiger partial charge in [0.2, 0.25) is 0 Å². The number of methoxy groups -OCH3 is 1. The Kier molecular flexibility index (Phi) is 4.46. The second-order valence-electron chi connectivity index (χ2n) is 4.19. The topological polar surface area (TPSA) is 54.4 Å². The maximum Gasteiger partial charge on any atom is 0.416 e. The molecule has 4 nitrogen and oxygen atoms in total. The molecule has 0 radical (unpaired) electrons. The molecular weight excluding hydrogens is 293 g/mol. The highest BCUT2D eigenvalue weighted by Crippen LogP contribution is 2.33. The van der Waals surface area contributed by atoms with E-state index in [2.05, 4.69) is 10.3 Å². The molecule has 0 bridgehead atoms. The zero-order chi connectivity index (χ0) is 14.8. The summed E-state index contributed by atoms with van der Waals surface area (Å²) in [4.78, 5) is 4.07. The third-order valence-electron chi connectivity index (χ3n) is 2.56. The summed E-state index contributed by atoms with van der Waals surface area (Å²) in [6.45, 7) is 0.399. The third-order valence-corrected chi connectivity index (χ3v) is 3.56. The lowest BCUT2D eigenvalue weighted by Gasteiger charge is -2.09. The molecule has 0 spiro atoms. The molecule has 1 heterocycles. The van der Waals surface area contributed by atoms with Crippen LogP contribution >= 0.6 is 11.3 Å². The van der Waals surface area contributed by atoms with Gasteiger partial charge in [-0.2, -0.15) is 13.2 Å². The van der Waals surface area contributed by atoms with Crippen LogP contribution in [0.3, 0.4) is 0 Å². The van der Waals surface area contributed by atoms with Crippen molar-refractivity contribution in [3.05, 3.63) is 23.8 Å². The number of hydrogen-bond acceptors (Lipinski definition) is 5. The average molecular weight is 306 g/mol. The Morgan fingerprint density at radius 2 is 2.20 bits per heavy atom. The fraction of sp³-hybridized carbons (Fsp3) is 0.417. The number of aliphatic hydroxyl groups excluding tert-OH is 1. The highest BCUT2D eigenvalue weighted by atomic mass is 32.1.